The predicted octanol–water partition coefficient (Wildman–Crippen LogP) is 2.95. The molecule has 5 aromatic rings. The molecule has 3 aromatic heterocycles. The van der Waals surface area contributed by atoms with Gasteiger partial charge in [-0.3, -0.25) is 9.78 Å². The van der Waals surface area contributed by atoms with Crippen molar-refractivity contribution in [1.29, 1.82) is 0 Å². The normalized spacial score (nSPS) is 24.9. The first kappa shape index (κ1) is 27.9. The van der Waals surface area contributed by atoms with Crippen LogP contribution in [0.15, 0.2) is 89.7 Å². The van der Waals surface area contributed by atoms with Crippen molar-refractivity contribution in [3.05, 3.63) is 114 Å². The summed E-state index contributed by atoms with van der Waals surface area (Å²) in [5.41, 5.74) is 2.49. The van der Waals surface area contributed by atoms with Gasteiger partial charge in [-0.1, -0.05) is 53.7 Å². The van der Waals surface area contributed by atoms with E-state index in [2.05, 4.69) is 30.8 Å². The second kappa shape index (κ2) is 12.0. The van der Waals surface area contributed by atoms with Crippen molar-refractivity contribution in [2.75, 3.05) is 6.61 Å². The van der Waals surface area contributed by atoms with Gasteiger partial charge in [0.2, 0.25) is 5.89 Å². The summed E-state index contributed by atoms with van der Waals surface area (Å²) in [4.78, 5) is 16.7. The second-order valence-corrected chi connectivity index (χ2v) is 10.3. The molecule has 2 fully saturated rings. The zero-order valence-electron chi connectivity index (χ0n) is 23.0. The summed E-state index contributed by atoms with van der Waals surface area (Å²) >= 11 is 0. The SMILES string of the molecule is O=C(NCc1cccnc1)c1nnc([C@@H]2O[C@@H]3CO[C@H](c4ccccc4)O[C@@H]3[C@H](n3cc(-c4cccc(F)c4)nn3)[C@H]2O)o1. The number of aliphatic hydroxyl groups is 1. The van der Waals surface area contributed by atoms with Crippen LogP contribution in [0, 0.1) is 5.82 Å². The van der Waals surface area contributed by atoms with Gasteiger partial charge in [-0.25, -0.2) is 9.07 Å². The first-order chi connectivity index (χ1) is 21.5. The molecule has 2 aliphatic rings. The molecule has 0 spiro atoms. The van der Waals surface area contributed by atoms with E-state index in [4.69, 9.17) is 18.6 Å². The van der Waals surface area contributed by atoms with Gasteiger partial charge in [-0.2, -0.15) is 0 Å². The maximum Gasteiger partial charge on any atom is 0.309 e. The molecular formula is C30H26FN7O6. The average molecular weight is 600 g/mol. The van der Waals surface area contributed by atoms with Gasteiger partial charge in [0.05, 0.1) is 12.8 Å². The molecular weight excluding hydrogens is 573 g/mol. The molecule has 1 amide bonds. The van der Waals surface area contributed by atoms with Gasteiger partial charge in [-0.05, 0) is 23.8 Å². The number of aliphatic hydroxyl groups excluding tert-OH is 1. The van der Waals surface area contributed by atoms with Gasteiger partial charge in [-0.15, -0.1) is 15.3 Å². The summed E-state index contributed by atoms with van der Waals surface area (Å²) in [5, 5.41) is 30.8. The Hall–Kier alpha value is -4.89. The third-order valence-corrected chi connectivity index (χ3v) is 7.44. The highest BCUT2D eigenvalue weighted by molar-refractivity contribution is 5.89. The van der Waals surface area contributed by atoms with Crippen LogP contribution in [0.1, 0.15) is 46.1 Å². The fourth-order valence-corrected chi connectivity index (χ4v) is 5.31. The van der Waals surface area contributed by atoms with Crippen LogP contribution < -0.4 is 5.32 Å². The number of aromatic nitrogens is 6. The van der Waals surface area contributed by atoms with Crippen LogP contribution in [0.3, 0.4) is 0 Å². The molecule has 0 aliphatic carbocycles. The quantitative estimate of drug-likeness (QED) is 0.283. The van der Waals surface area contributed by atoms with Crippen molar-refractivity contribution in [2.24, 2.45) is 0 Å². The topological polar surface area (TPSA) is 160 Å². The van der Waals surface area contributed by atoms with E-state index in [1.54, 1.807) is 36.8 Å². The number of hydrogen-bond acceptors (Lipinski definition) is 11. The zero-order chi connectivity index (χ0) is 30.0. The van der Waals surface area contributed by atoms with Crippen LogP contribution in [0.4, 0.5) is 4.39 Å². The van der Waals surface area contributed by atoms with Crippen LogP contribution >= 0.6 is 0 Å². The minimum absolute atomic E-state index is 0.108. The number of halogens is 1. The van der Waals surface area contributed by atoms with E-state index >= 15 is 0 Å². The van der Waals surface area contributed by atoms with Gasteiger partial charge in [0, 0.05) is 30.1 Å². The van der Waals surface area contributed by atoms with E-state index in [1.165, 1.54) is 16.8 Å². The molecule has 2 aromatic carbocycles. The standard InChI is InChI=1S/C30H26FN7O6/c31-20-10-4-9-19(12-20)21-15-38(37-34-21)23-24(39)26(42-22-16-41-30(43-25(22)23)18-7-2-1-3-8-18)28-35-36-29(44-28)27(40)33-14-17-6-5-11-32-13-17/h1-13,15,22-26,30,39H,14,16H2,(H,33,40)/t22-,23-,24-,25+,26-,30+/m1/s1. The second-order valence-electron chi connectivity index (χ2n) is 10.3. The molecule has 44 heavy (non-hydrogen) atoms. The summed E-state index contributed by atoms with van der Waals surface area (Å²) in [6.07, 6.45) is 0.214. The first-order valence-corrected chi connectivity index (χ1v) is 13.9. The number of hydrogen-bond donors (Lipinski definition) is 2. The largest absolute Gasteiger partial charge is 0.414 e. The minimum atomic E-state index is -1.33. The van der Waals surface area contributed by atoms with Gasteiger partial charge in [0.15, 0.2) is 12.4 Å². The van der Waals surface area contributed by atoms with Crippen molar-refractivity contribution in [2.45, 2.75) is 43.3 Å². The number of carbonyl (C=O) groups excluding carboxylic acids is 1. The molecule has 2 saturated heterocycles. The van der Waals surface area contributed by atoms with Crippen LogP contribution in [0.5, 0.6) is 0 Å². The third-order valence-electron chi connectivity index (χ3n) is 7.44. The van der Waals surface area contributed by atoms with Crippen molar-refractivity contribution < 1.29 is 32.9 Å². The molecule has 0 bridgehead atoms. The molecule has 13 nitrogen and oxygen atoms in total. The van der Waals surface area contributed by atoms with Gasteiger partial charge in [0.25, 0.3) is 0 Å². The van der Waals surface area contributed by atoms with Gasteiger partial charge in [0.1, 0.15) is 35.9 Å². The smallest absolute Gasteiger partial charge is 0.309 e. The lowest BCUT2D eigenvalue weighted by molar-refractivity contribution is -0.320. The lowest BCUT2D eigenvalue weighted by Gasteiger charge is -2.47. The van der Waals surface area contributed by atoms with Crippen LogP contribution in [-0.4, -0.2) is 66.1 Å². The van der Waals surface area contributed by atoms with E-state index in [1.807, 2.05) is 36.4 Å². The molecule has 2 N–H and O–H groups in total. The Morgan fingerprint density at radius 3 is 2.75 bits per heavy atom. The fourth-order valence-electron chi connectivity index (χ4n) is 5.31. The number of nitrogens with one attached hydrogen (secondary N) is 1. The summed E-state index contributed by atoms with van der Waals surface area (Å²) in [6, 6.07) is 18.1. The van der Waals surface area contributed by atoms with Crippen molar-refractivity contribution in [3.8, 4) is 11.3 Å². The third kappa shape index (κ3) is 5.58. The highest BCUT2D eigenvalue weighted by Gasteiger charge is 2.52. The maximum atomic E-state index is 13.9. The number of rotatable bonds is 7. The molecule has 14 heteroatoms. The Kier molecular flexibility index (Phi) is 7.62. The molecule has 2 aliphatic heterocycles. The number of pyridine rings is 1. The number of benzene rings is 2. The molecule has 0 radical (unpaired) electrons. The average Bonchev–Trinajstić information content (AvgIpc) is 3.75. The lowest BCUT2D eigenvalue weighted by Crippen LogP contribution is -2.56. The number of carbonyl (C=O) groups is 1. The Balaban J connectivity index is 1.17. The first-order valence-electron chi connectivity index (χ1n) is 13.9. The van der Waals surface area contributed by atoms with Crippen LogP contribution in [-0.2, 0) is 20.8 Å². The van der Waals surface area contributed by atoms with E-state index in [0.29, 0.717) is 11.3 Å². The van der Waals surface area contributed by atoms with Gasteiger partial charge < -0.3 is 29.1 Å². The lowest BCUT2D eigenvalue weighted by atomic mass is 9.91. The summed E-state index contributed by atoms with van der Waals surface area (Å²) in [5.74, 6) is -1.42. The molecule has 6 atom stereocenters. The molecule has 5 heterocycles. The summed E-state index contributed by atoms with van der Waals surface area (Å²) < 4.78 is 39.6. The van der Waals surface area contributed by atoms with Crippen molar-refractivity contribution in [3.63, 3.8) is 0 Å². The molecule has 0 unspecified atom stereocenters. The van der Waals surface area contributed by atoms with Gasteiger partial charge >= 0.3 is 11.8 Å². The maximum absolute atomic E-state index is 13.9. The molecule has 7 rings (SSSR count). The molecule has 224 valence electrons. The number of nitrogens with zero attached hydrogens (tertiary/aromatic N) is 6. The Morgan fingerprint density at radius 2 is 1.93 bits per heavy atom. The number of ether oxygens (including phenoxy) is 3. The van der Waals surface area contributed by atoms with E-state index in [9.17, 15) is 14.3 Å². The number of fused-ring (bicyclic) bond motifs is 1. The van der Waals surface area contributed by atoms with E-state index < -0.39 is 48.5 Å². The minimum Gasteiger partial charge on any atom is -0.414 e. The fraction of sp³-hybridized carbons (Fsp3) is 0.267. The number of amides is 1. The highest BCUT2D eigenvalue weighted by Crippen LogP contribution is 2.43. The Labute approximate surface area is 249 Å². The zero-order valence-corrected chi connectivity index (χ0v) is 23.0. The monoisotopic (exact) mass is 599 g/mol. The van der Waals surface area contributed by atoms with Crippen LogP contribution in [0.25, 0.3) is 11.3 Å². The van der Waals surface area contributed by atoms with E-state index in [0.717, 1.165) is 11.1 Å². The summed E-state index contributed by atoms with van der Waals surface area (Å²) in [6.45, 7) is 0.317. The highest BCUT2D eigenvalue weighted by atomic mass is 19.1. The van der Waals surface area contributed by atoms with Crippen molar-refractivity contribution in [1.82, 2.24) is 35.5 Å². The molecule has 0 saturated carbocycles. The Bertz CT molecular complexity index is 1740. The van der Waals surface area contributed by atoms with Crippen molar-refractivity contribution >= 4 is 5.91 Å². The predicted molar refractivity (Wildman–Crippen MR) is 148 cm³/mol. The Morgan fingerprint density at radius 1 is 1.05 bits per heavy atom. The van der Waals surface area contributed by atoms with Crippen LogP contribution in [0.2, 0.25) is 0 Å². The van der Waals surface area contributed by atoms with E-state index in [-0.39, 0.29) is 24.9 Å². The summed E-state index contributed by atoms with van der Waals surface area (Å²) in [7, 11) is 0.